The van der Waals surface area contributed by atoms with Crippen molar-refractivity contribution in [3.63, 3.8) is 0 Å². The number of fused-ring (bicyclic) bond motifs is 1. The van der Waals surface area contributed by atoms with E-state index in [0.717, 1.165) is 17.5 Å². The first-order chi connectivity index (χ1) is 8.36. The summed E-state index contributed by atoms with van der Waals surface area (Å²) in [6, 6.07) is 2.54. The SMILES string of the molecule is CCCCCC(CC)n1cnc2ccncc21. The number of unbranched alkanes of at least 4 members (excludes halogenated alkanes) is 2. The molecule has 0 saturated heterocycles. The number of imidazole rings is 1. The van der Waals surface area contributed by atoms with Gasteiger partial charge in [-0.05, 0) is 18.9 Å². The van der Waals surface area contributed by atoms with Gasteiger partial charge in [0, 0.05) is 12.2 Å². The predicted molar refractivity (Wildman–Crippen MR) is 71.0 cm³/mol. The van der Waals surface area contributed by atoms with E-state index in [4.69, 9.17) is 0 Å². The van der Waals surface area contributed by atoms with E-state index in [1.54, 1.807) is 6.20 Å². The molecule has 17 heavy (non-hydrogen) atoms. The minimum Gasteiger partial charge on any atom is -0.326 e. The predicted octanol–water partition coefficient (Wildman–Crippen LogP) is 3.96. The summed E-state index contributed by atoms with van der Waals surface area (Å²) in [6.45, 7) is 4.50. The Morgan fingerprint density at radius 1 is 1.29 bits per heavy atom. The lowest BCUT2D eigenvalue weighted by Gasteiger charge is -2.17. The fourth-order valence-corrected chi connectivity index (χ4v) is 2.33. The molecule has 3 heteroatoms. The van der Waals surface area contributed by atoms with Crippen molar-refractivity contribution >= 4 is 11.0 Å². The number of aromatic nitrogens is 3. The summed E-state index contributed by atoms with van der Waals surface area (Å²) in [6.07, 6.45) is 12.0. The van der Waals surface area contributed by atoms with Gasteiger partial charge >= 0.3 is 0 Å². The zero-order valence-corrected chi connectivity index (χ0v) is 10.8. The van der Waals surface area contributed by atoms with E-state index < -0.39 is 0 Å². The molecule has 2 heterocycles. The third-order valence-corrected chi connectivity index (χ3v) is 3.38. The lowest BCUT2D eigenvalue weighted by atomic mass is 10.1. The maximum Gasteiger partial charge on any atom is 0.0961 e. The highest BCUT2D eigenvalue weighted by atomic mass is 15.1. The van der Waals surface area contributed by atoms with E-state index in [9.17, 15) is 0 Å². The van der Waals surface area contributed by atoms with Gasteiger partial charge in [-0.1, -0.05) is 33.1 Å². The Hall–Kier alpha value is -1.38. The summed E-state index contributed by atoms with van der Waals surface area (Å²) in [5.74, 6) is 0. The minimum atomic E-state index is 0.566. The third kappa shape index (κ3) is 2.65. The van der Waals surface area contributed by atoms with Gasteiger partial charge in [0.1, 0.15) is 0 Å². The van der Waals surface area contributed by atoms with Crippen LogP contribution in [-0.2, 0) is 0 Å². The van der Waals surface area contributed by atoms with E-state index >= 15 is 0 Å². The first kappa shape index (κ1) is 12.1. The van der Waals surface area contributed by atoms with Crippen LogP contribution in [0.15, 0.2) is 24.8 Å². The molecule has 0 saturated carbocycles. The minimum absolute atomic E-state index is 0.566. The zero-order chi connectivity index (χ0) is 12.1. The third-order valence-electron chi connectivity index (χ3n) is 3.38. The van der Waals surface area contributed by atoms with E-state index in [2.05, 4.69) is 28.4 Å². The first-order valence-corrected chi connectivity index (χ1v) is 6.63. The van der Waals surface area contributed by atoms with E-state index in [1.165, 1.54) is 25.7 Å². The van der Waals surface area contributed by atoms with Crippen molar-refractivity contribution in [3.8, 4) is 0 Å². The fraction of sp³-hybridized carbons (Fsp3) is 0.571. The van der Waals surface area contributed by atoms with Gasteiger partial charge in [0.15, 0.2) is 0 Å². The highest BCUT2D eigenvalue weighted by Gasteiger charge is 2.11. The van der Waals surface area contributed by atoms with Gasteiger partial charge in [-0.2, -0.15) is 0 Å². The van der Waals surface area contributed by atoms with Crippen LogP contribution >= 0.6 is 0 Å². The maximum atomic E-state index is 4.44. The molecule has 0 aliphatic rings. The van der Waals surface area contributed by atoms with Crippen LogP contribution in [0.25, 0.3) is 11.0 Å². The average molecular weight is 231 g/mol. The fourth-order valence-electron chi connectivity index (χ4n) is 2.33. The molecule has 0 aliphatic carbocycles. The summed E-state index contributed by atoms with van der Waals surface area (Å²) >= 11 is 0. The second-order valence-electron chi connectivity index (χ2n) is 4.57. The van der Waals surface area contributed by atoms with Gasteiger partial charge in [0.25, 0.3) is 0 Å². The molecule has 0 aromatic carbocycles. The topological polar surface area (TPSA) is 30.7 Å². The maximum absolute atomic E-state index is 4.44. The number of pyridine rings is 1. The van der Waals surface area contributed by atoms with Crippen molar-refractivity contribution in [1.82, 2.24) is 14.5 Å². The molecule has 0 spiro atoms. The Balaban J connectivity index is 2.18. The summed E-state index contributed by atoms with van der Waals surface area (Å²) in [5, 5.41) is 0. The summed E-state index contributed by atoms with van der Waals surface area (Å²) in [5.41, 5.74) is 2.21. The molecule has 2 aromatic rings. The molecule has 1 unspecified atom stereocenters. The van der Waals surface area contributed by atoms with Crippen LogP contribution in [-0.4, -0.2) is 14.5 Å². The van der Waals surface area contributed by atoms with Crippen molar-refractivity contribution in [2.45, 2.75) is 52.0 Å². The molecule has 0 N–H and O–H groups in total. The van der Waals surface area contributed by atoms with Crippen molar-refractivity contribution in [2.24, 2.45) is 0 Å². The molecule has 2 aromatic heterocycles. The van der Waals surface area contributed by atoms with Crippen molar-refractivity contribution in [3.05, 3.63) is 24.8 Å². The van der Waals surface area contributed by atoms with Gasteiger partial charge in [-0.25, -0.2) is 4.98 Å². The Morgan fingerprint density at radius 3 is 2.94 bits per heavy atom. The quantitative estimate of drug-likeness (QED) is 0.704. The molecule has 0 radical (unpaired) electrons. The zero-order valence-electron chi connectivity index (χ0n) is 10.8. The molecule has 2 rings (SSSR count). The van der Waals surface area contributed by atoms with Gasteiger partial charge in [-0.15, -0.1) is 0 Å². The smallest absolute Gasteiger partial charge is 0.0961 e. The normalized spacial score (nSPS) is 13.1. The Morgan fingerprint density at radius 2 is 2.18 bits per heavy atom. The Kier molecular flexibility index (Phi) is 4.13. The van der Waals surface area contributed by atoms with E-state index in [1.807, 2.05) is 18.6 Å². The lowest BCUT2D eigenvalue weighted by molar-refractivity contribution is 0.440. The van der Waals surface area contributed by atoms with Crippen LogP contribution in [0.2, 0.25) is 0 Å². The number of hydrogen-bond acceptors (Lipinski definition) is 2. The number of rotatable bonds is 6. The summed E-state index contributed by atoms with van der Waals surface area (Å²) in [4.78, 5) is 8.64. The van der Waals surface area contributed by atoms with Gasteiger partial charge in [0.2, 0.25) is 0 Å². The van der Waals surface area contributed by atoms with Gasteiger partial charge in [-0.3, -0.25) is 4.98 Å². The molecule has 0 fully saturated rings. The first-order valence-electron chi connectivity index (χ1n) is 6.63. The molecule has 0 aliphatic heterocycles. The van der Waals surface area contributed by atoms with Gasteiger partial charge < -0.3 is 4.57 Å². The molecule has 0 bridgehead atoms. The molecule has 0 amide bonds. The van der Waals surface area contributed by atoms with Crippen molar-refractivity contribution in [2.75, 3.05) is 0 Å². The molecule has 3 nitrogen and oxygen atoms in total. The average Bonchev–Trinajstić information content (AvgIpc) is 2.79. The second-order valence-corrected chi connectivity index (χ2v) is 4.57. The summed E-state index contributed by atoms with van der Waals surface area (Å²) in [7, 11) is 0. The second kappa shape index (κ2) is 5.80. The molecule has 1 atom stereocenters. The molecular formula is C14H21N3. The lowest BCUT2D eigenvalue weighted by Crippen LogP contribution is -2.06. The molecular weight excluding hydrogens is 210 g/mol. The largest absolute Gasteiger partial charge is 0.326 e. The monoisotopic (exact) mass is 231 g/mol. The van der Waals surface area contributed by atoms with Crippen LogP contribution in [0.4, 0.5) is 0 Å². The van der Waals surface area contributed by atoms with Gasteiger partial charge in [0.05, 0.1) is 23.6 Å². The van der Waals surface area contributed by atoms with Crippen molar-refractivity contribution < 1.29 is 0 Å². The van der Waals surface area contributed by atoms with E-state index in [-0.39, 0.29) is 0 Å². The molecule has 92 valence electrons. The highest BCUT2D eigenvalue weighted by molar-refractivity contribution is 5.73. The van der Waals surface area contributed by atoms with Crippen LogP contribution in [0.3, 0.4) is 0 Å². The van der Waals surface area contributed by atoms with Crippen LogP contribution < -0.4 is 0 Å². The summed E-state index contributed by atoms with van der Waals surface area (Å²) < 4.78 is 2.29. The number of nitrogens with zero attached hydrogens (tertiary/aromatic N) is 3. The Labute approximate surface area is 103 Å². The van der Waals surface area contributed by atoms with Crippen molar-refractivity contribution in [1.29, 1.82) is 0 Å². The number of hydrogen-bond donors (Lipinski definition) is 0. The van der Waals surface area contributed by atoms with Crippen LogP contribution in [0.5, 0.6) is 0 Å². The van der Waals surface area contributed by atoms with Crippen LogP contribution in [0.1, 0.15) is 52.0 Å². The van der Waals surface area contributed by atoms with Crippen LogP contribution in [0, 0.1) is 0 Å². The standard InChI is InChI=1S/C14H21N3/c1-3-5-6-7-12(4-2)17-11-16-13-8-9-15-10-14(13)17/h8-12H,3-7H2,1-2H3. The Bertz CT molecular complexity index is 461. The van der Waals surface area contributed by atoms with E-state index in [0.29, 0.717) is 6.04 Å². The highest BCUT2D eigenvalue weighted by Crippen LogP contribution is 2.23.